The van der Waals surface area contributed by atoms with Crippen LogP contribution in [-0.2, 0) is 18.9 Å². The van der Waals surface area contributed by atoms with E-state index < -0.39 is 0 Å². The Morgan fingerprint density at radius 3 is 2.51 bits per heavy atom. The second-order valence-corrected chi connectivity index (χ2v) is 10.9. The van der Waals surface area contributed by atoms with Crippen LogP contribution in [0.4, 0.5) is 5.13 Å². The molecule has 6 rings (SSSR count). The monoisotopic (exact) mass is 564 g/mol. The predicted molar refractivity (Wildman–Crippen MR) is 153 cm³/mol. The lowest BCUT2D eigenvalue weighted by atomic mass is 10.1. The highest BCUT2D eigenvalue weighted by Gasteiger charge is 2.23. The summed E-state index contributed by atoms with van der Waals surface area (Å²) in [5, 5.41) is 1.61. The van der Waals surface area contributed by atoms with Gasteiger partial charge in [0.05, 0.1) is 15.7 Å². The number of nitrogens with zero attached hydrogens (tertiary/aromatic N) is 5. The van der Waals surface area contributed by atoms with Crippen molar-refractivity contribution in [2.24, 2.45) is 14.1 Å². The number of aromatic amines is 1. The first-order valence-corrected chi connectivity index (χ1v) is 13.6. The summed E-state index contributed by atoms with van der Waals surface area (Å²) < 4.78 is 9.37. The fourth-order valence-electron chi connectivity index (χ4n) is 4.75. The first-order valence-electron chi connectivity index (χ1n) is 12.4. The van der Waals surface area contributed by atoms with Crippen LogP contribution < -0.4 is 20.9 Å². The summed E-state index contributed by atoms with van der Waals surface area (Å²) >= 11 is 7.71. The summed E-state index contributed by atoms with van der Waals surface area (Å²) in [6.07, 6.45) is 0. The molecule has 12 heteroatoms. The van der Waals surface area contributed by atoms with Crippen molar-refractivity contribution in [3.05, 3.63) is 74.4 Å². The van der Waals surface area contributed by atoms with E-state index >= 15 is 0 Å². The van der Waals surface area contributed by atoms with Crippen molar-refractivity contribution < 1.29 is 9.53 Å². The number of anilines is 1. The third kappa shape index (κ3) is 4.68. The number of fused-ring (bicyclic) bond motifs is 2. The molecule has 1 N–H and O–H groups in total. The molecule has 0 spiro atoms. The molecule has 1 saturated heterocycles. The first-order chi connectivity index (χ1) is 18.8. The van der Waals surface area contributed by atoms with Crippen molar-refractivity contribution in [1.82, 2.24) is 24.0 Å². The molecule has 5 aromatic rings. The molecule has 3 aromatic heterocycles. The number of ether oxygens (including phenoxy) is 1. The average molecular weight is 565 g/mol. The topological polar surface area (TPSA) is 105 Å². The number of H-pyrrole nitrogens is 1. The summed E-state index contributed by atoms with van der Waals surface area (Å²) in [6, 6.07) is 14.7. The fourth-order valence-corrected chi connectivity index (χ4v) is 5.91. The number of halogens is 1. The number of aromatic nitrogens is 4. The van der Waals surface area contributed by atoms with E-state index in [0.717, 1.165) is 25.5 Å². The molecule has 2 aromatic carbocycles. The van der Waals surface area contributed by atoms with Gasteiger partial charge in [0.2, 0.25) is 0 Å². The molecule has 0 bridgehead atoms. The number of carbonyl (C=O) groups excluding carboxylic acids is 1. The molecule has 1 fully saturated rings. The smallest absolute Gasteiger partial charge is 0.331 e. The number of piperazine rings is 1. The number of amides is 1. The summed E-state index contributed by atoms with van der Waals surface area (Å²) in [5.74, 6) is 0.500. The van der Waals surface area contributed by atoms with Gasteiger partial charge >= 0.3 is 5.69 Å². The van der Waals surface area contributed by atoms with Gasteiger partial charge in [-0.05, 0) is 54.1 Å². The number of thiazole rings is 1. The maximum Gasteiger partial charge on any atom is 0.331 e. The standard InChI is InChI=1S/C27H25ClN6O4S/c1-31-21-14-19(29-24(21)25(36)32(2)27(31)37)16-3-6-18(7-4-16)38-15-23(35)33-9-11-34(12-10-33)26-30-20-13-17(28)5-8-22(20)39-26/h3-8,13-14,29H,9-12,15H2,1-2H3. The molecule has 1 aliphatic rings. The second-order valence-electron chi connectivity index (χ2n) is 9.44. The second kappa shape index (κ2) is 9.90. The van der Waals surface area contributed by atoms with Crippen molar-refractivity contribution in [1.29, 1.82) is 0 Å². The summed E-state index contributed by atoms with van der Waals surface area (Å²) in [4.78, 5) is 49.3. The Balaban J connectivity index is 1.06. The zero-order valence-corrected chi connectivity index (χ0v) is 22.9. The van der Waals surface area contributed by atoms with E-state index in [1.807, 2.05) is 35.2 Å². The van der Waals surface area contributed by atoms with E-state index in [0.29, 0.717) is 53.7 Å². The van der Waals surface area contributed by atoms with E-state index in [1.54, 1.807) is 36.6 Å². The van der Waals surface area contributed by atoms with Crippen molar-refractivity contribution in [3.63, 3.8) is 0 Å². The molecule has 10 nitrogen and oxygen atoms in total. The third-order valence-corrected chi connectivity index (χ3v) is 8.35. The number of nitrogens with one attached hydrogen (secondary N) is 1. The largest absolute Gasteiger partial charge is 0.484 e. The van der Waals surface area contributed by atoms with Gasteiger partial charge in [-0.25, -0.2) is 9.78 Å². The Morgan fingerprint density at radius 1 is 1.03 bits per heavy atom. The van der Waals surface area contributed by atoms with Crippen LogP contribution in [0.15, 0.2) is 58.1 Å². The minimum atomic E-state index is -0.380. The number of hydrogen-bond donors (Lipinski definition) is 1. The van der Waals surface area contributed by atoms with Gasteiger partial charge in [-0.3, -0.25) is 18.7 Å². The number of benzene rings is 2. The van der Waals surface area contributed by atoms with E-state index in [4.69, 9.17) is 21.3 Å². The molecule has 200 valence electrons. The molecule has 1 aliphatic heterocycles. The van der Waals surface area contributed by atoms with Crippen LogP contribution in [0.5, 0.6) is 5.75 Å². The number of hydrogen-bond acceptors (Lipinski definition) is 7. The third-order valence-electron chi connectivity index (χ3n) is 7.02. The van der Waals surface area contributed by atoms with E-state index in [-0.39, 0.29) is 23.8 Å². The Kier molecular flexibility index (Phi) is 6.40. The van der Waals surface area contributed by atoms with Crippen molar-refractivity contribution >= 4 is 55.2 Å². The Morgan fingerprint density at radius 2 is 1.77 bits per heavy atom. The lowest BCUT2D eigenvalue weighted by Crippen LogP contribution is -2.50. The van der Waals surface area contributed by atoms with Gasteiger partial charge in [0.15, 0.2) is 11.7 Å². The normalized spacial score (nSPS) is 13.9. The maximum atomic E-state index is 12.8. The fraction of sp³-hybridized carbons (Fsp3) is 0.259. The predicted octanol–water partition coefficient (Wildman–Crippen LogP) is 3.22. The summed E-state index contributed by atoms with van der Waals surface area (Å²) in [7, 11) is 3.09. The Labute approximate surface area is 231 Å². The summed E-state index contributed by atoms with van der Waals surface area (Å²) in [5.41, 5.74) is 2.58. The maximum absolute atomic E-state index is 12.8. The SMILES string of the molecule is Cn1c(=O)c2[nH]c(-c3ccc(OCC(=O)N4CCN(c5nc6cc(Cl)ccc6s5)CC4)cc3)cc2n(C)c1=O. The molecule has 0 atom stereocenters. The van der Waals surface area contributed by atoms with Gasteiger partial charge in [0.25, 0.3) is 11.5 Å². The lowest BCUT2D eigenvalue weighted by molar-refractivity contribution is -0.133. The molecule has 39 heavy (non-hydrogen) atoms. The molecule has 0 radical (unpaired) electrons. The number of aryl methyl sites for hydroxylation is 1. The van der Waals surface area contributed by atoms with Gasteiger partial charge in [0.1, 0.15) is 11.3 Å². The highest BCUT2D eigenvalue weighted by Crippen LogP contribution is 2.31. The average Bonchev–Trinajstić information content (AvgIpc) is 3.59. The van der Waals surface area contributed by atoms with Gasteiger partial charge in [-0.1, -0.05) is 22.9 Å². The van der Waals surface area contributed by atoms with Crippen LogP contribution in [-0.4, -0.2) is 62.7 Å². The number of rotatable bonds is 5. The minimum Gasteiger partial charge on any atom is -0.484 e. The quantitative estimate of drug-likeness (QED) is 0.351. The van der Waals surface area contributed by atoms with Crippen molar-refractivity contribution in [3.8, 4) is 17.0 Å². The van der Waals surface area contributed by atoms with Crippen LogP contribution in [0.25, 0.3) is 32.5 Å². The summed E-state index contributed by atoms with van der Waals surface area (Å²) in [6.45, 7) is 2.55. The van der Waals surface area contributed by atoms with E-state index in [1.165, 1.54) is 11.6 Å². The molecular weight excluding hydrogens is 540 g/mol. The minimum absolute atomic E-state index is 0.0521. The van der Waals surface area contributed by atoms with Gasteiger partial charge < -0.3 is 19.5 Å². The van der Waals surface area contributed by atoms with E-state index in [2.05, 4.69) is 9.88 Å². The molecular formula is C27H25ClN6O4S. The molecule has 0 aliphatic carbocycles. The van der Waals surface area contributed by atoms with Crippen molar-refractivity contribution in [2.75, 3.05) is 37.7 Å². The lowest BCUT2D eigenvalue weighted by Gasteiger charge is -2.34. The van der Waals surface area contributed by atoms with Crippen LogP contribution in [0.3, 0.4) is 0 Å². The zero-order chi connectivity index (χ0) is 27.3. The first kappa shape index (κ1) is 25.2. The van der Waals surface area contributed by atoms with Gasteiger partial charge in [-0.15, -0.1) is 0 Å². The zero-order valence-electron chi connectivity index (χ0n) is 21.3. The van der Waals surface area contributed by atoms with Gasteiger partial charge in [-0.2, -0.15) is 0 Å². The van der Waals surface area contributed by atoms with Crippen LogP contribution >= 0.6 is 22.9 Å². The Hall–Kier alpha value is -4.09. The van der Waals surface area contributed by atoms with Crippen LogP contribution in [0.1, 0.15) is 0 Å². The molecule has 0 saturated carbocycles. The Bertz CT molecular complexity index is 1830. The van der Waals surface area contributed by atoms with Crippen molar-refractivity contribution in [2.45, 2.75) is 0 Å². The molecule has 1 amide bonds. The highest BCUT2D eigenvalue weighted by atomic mass is 35.5. The molecule has 0 unspecified atom stereocenters. The van der Waals surface area contributed by atoms with E-state index in [9.17, 15) is 14.4 Å². The highest BCUT2D eigenvalue weighted by molar-refractivity contribution is 7.22. The van der Waals surface area contributed by atoms with Gasteiger partial charge in [0, 0.05) is 51.0 Å². The number of carbonyl (C=O) groups is 1. The van der Waals surface area contributed by atoms with Crippen LogP contribution in [0.2, 0.25) is 5.02 Å². The van der Waals surface area contributed by atoms with Crippen LogP contribution in [0, 0.1) is 0 Å². The molecule has 4 heterocycles.